The lowest BCUT2D eigenvalue weighted by Gasteiger charge is -2.11. The molecule has 25 heavy (non-hydrogen) atoms. The molecule has 0 bridgehead atoms. The predicted octanol–water partition coefficient (Wildman–Crippen LogP) is 6.47. The van der Waals surface area contributed by atoms with Crippen molar-refractivity contribution in [3.05, 3.63) is 77.4 Å². The van der Waals surface area contributed by atoms with Crippen LogP contribution >= 0.6 is 0 Å². The molecule has 0 radical (unpaired) electrons. The van der Waals surface area contributed by atoms with Crippen molar-refractivity contribution >= 4 is 10.9 Å². The third-order valence-corrected chi connectivity index (χ3v) is 5.56. The number of hydrogen-bond donors (Lipinski definition) is 0. The average molecular weight is 321 g/mol. The lowest BCUT2D eigenvalue weighted by Crippen LogP contribution is -1.92. The first kappa shape index (κ1) is 14.4. The standard InChI is InChI=1S/C24H19N/c1-14-11-17(12-15(2)16(14)3)23-13-21-19-8-5-4-7-18(19)20-9-6-10-22(25-23)24(20)21/h4-13H,1-3H3. The molecular formula is C24H19N. The molecule has 4 aromatic rings. The number of aromatic nitrogens is 1. The van der Waals surface area contributed by atoms with Crippen molar-refractivity contribution < 1.29 is 0 Å². The van der Waals surface area contributed by atoms with Crippen LogP contribution in [0.5, 0.6) is 0 Å². The van der Waals surface area contributed by atoms with E-state index in [0.717, 1.165) is 11.2 Å². The van der Waals surface area contributed by atoms with Gasteiger partial charge in [-0.05, 0) is 84.0 Å². The van der Waals surface area contributed by atoms with Crippen molar-refractivity contribution in [3.63, 3.8) is 0 Å². The van der Waals surface area contributed by atoms with Gasteiger partial charge in [0.25, 0.3) is 0 Å². The van der Waals surface area contributed by atoms with Gasteiger partial charge in [-0.2, -0.15) is 0 Å². The van der Waals surface area contributed by atoms with Gasteiger partial charge in [0.2, 0.25) is 0 Å². The van der Waals surface area contributed by atoms with E-state index >= 15 is 0 Å². The number of aryl methyl sites for hydroxylation is 2. The third kappa shape index (κ3) is 1.99. The van der Waals surface area contributed by atoms with Gasteiger partial charge >= 0.3 is 0 Å². The van der Waals surface area contributed by atoms with E-state index < -0.39 is 0 Å². The van der Waals surface area contributed by atoms with Crippen LogP contribution in [0.3, 0.4) is 0 Å². The molecule has 0 spiro atoms. The van der Waals surface area contributed by atoms with E-state index in [1.54, 1.807) is 0 Å². The summed E-state index contributed by atoms with van der Waals surface area (Å²) in [5.41, 5.74) is 12.6. The summed E-state index contributed by atoms with van der Waals surface area (Å²) in [6.07, 6.45) is 0. The Morgan fingerprint density at radius 1 is 0.640 bits per heavy atom. The molecule has 1 aromatic heterocycles. The lowest BCUT2D eigenvalue weighted by atomic mass is 9.97. The molecule has 0 atom stereocenters. The maximum Gasteiger partial charge on any atom is 0.0722 e. The minimum Gasteiger partial charge on any atom is -0.248 e. The SMILES string of the molecule is Cc1cc(-c2cc3c4c(cccc4n2)-c2ccccc2-3)cc(C)c1C. The highest BCUT2D eigenvalue weighted by Gasteiger charge is 2.22. The van der Waals surface area contributed by atoms with Crippen molar-refractivity contribution in [2.24, 2.45) is 0 Å². The summed E-state index contributed by atoms with van der Waals surface area (Å²) < 4.78 is 0. The Morgan fingerprint density at radius 3 is 2.00 bits per heavy atom. The Morgan fingerprint density at radius 2 is 1.28 bits per heavy atom. The number of hydrogen-bond acceptors (Lipinski definition) is 1. The zero-order chi connectivity index (χ0) is 17.1. The van der Waals surface area contributed by atoms with Gasteiger partial charge in [-0.15, -0.1) is 0 Å². The Bertz CT molecular complexity index is 1150. The van der Waals surface area contributed by atoms with Crippen LogP contribution < -0.4 is 0 Å². The number of rotatable bonds is 1. The molecule has 0 unspecified atom stereocenters. The second kappa shape index (κ2) is 5.03. The molecule has 0 saturated heterocycles. The van der Waals surface area contributed by atoms with Crippen molar-refractivity contribution in [1.29, 1.82) is 0 Å². The third-order valence-electron chi connectivity index (χ3n) is 5.56. The molecule has 1 heteroatoms. The van der Waals surface area contributed by atoms with Gasteiger partial charge in [0.15, 0.2) is 0 Å². The molecule has 0 saturated carbocycles. The number of nitrogens with zero attached hydrogens (tertiary/aromatic N) is 1. The van der Waals surface area contributed by atoms with E-state index in [9.17, 15) is 0 Å². The lowest BCUT2D eigenvalue weighted by molar-refractivity contribution is 1.26. The quantitative estimate of drug-likeness (QED) is 0.344. The molecule has 1 heterocycles. The van der Waals surface area contributed by atoms with Crippen LogP contribution in [0, 0.1) is 20.8 Å². The van der Waals surface area contributed by atoms with Gasteiger partial charge in [0.1, 0.15) is 0 Å². The van der Waals surface area contributed by atoms with E-state index in [-0.39, 0.29) is 0 Å². The highest BCUT2D eigenvalue weighted by Crippen LogP contribution is 2.47. The summed E-state index contributed by atoms with van der Waals surface area (Å²) in [5, 5.41) is 1.29. The van der Waals surface area contributed by atoms with Crippen molar-refractivity contribution in [1.82, 2.24) is 4.98 Å². The first-order chi connectivity index (χ1) is 12.1. The van der Waals surface area contributed by atoms with Crippen LogP contribution in [0.15, 0.2) is 60.7 Å². The molecule has 0 fully saturated rings. The Hall–Kier alpha value is -2.93. The minimum atomic E-state index is 1.06. The second-order valence-electron chi connectivity index (χ2n) is 7.04. The van der Waals surface area contributed by atoms with Crippen LogP contribution in [-0.2, 0) is 0 Å². The number of pyridine rings is 1. The van der Waals surface area contributed by atoms with Crippen LogP contribution in [0.4, 0.5) is 0 Å². The molecular weight excluding hydrogens is 302 g/mol. The highest BCUT2D eigenvalue weighted by molar-refractivity contribution is 6.14. The van der Waals surface area contributed by atoms with Gasteiger partial charge < -0.3 is 0 Å². The zero-order valence-corrected chi connectivity index (χ0v) is 14.7. The number of fused-ring (bicyclic) bond motifs is 3. The molecule has 1 aliphatic rings. The van der Waals surface area contributed by atoms with Gasteiger partial charge in [0, 0.05) is 10.9 Å². The summed E-state index contributed by atoms with van der Waals surface area (Å²) >= 11 is 0. The molecule has 0 aliphatic heterocycles. The maximum atomic E-state index is 5.00. The fraction of sp³-hybridized carbons (Fsp3) is 0.125. The fourth-order valence-corrected chi connectivity index (χ4v) is 4.01. The molecule has 3 aromatic carbocycles. The largest absolute Gasteiger partial charge is 0.248 e. The summed E-state index contributed by atoms with van der Waals surface area (Å²) in [5.74, 6) is 0. The Labute approximate surface area is 148 Å². The summed E-state index contributed by atoms with van der Waals surface area (Å²) in [6.45, 7) is 6.54. The van der Waals surface area contributed by atoms with Gasteiger partial charge in [0.05, 0.1) is 11.2 Å². The van der Waals surface area contributed by atoms with Gasteiger partial charge in [-0.3, -0.25) is 0 Å². The molecule has 5 rings (SSSR count). The first-order valence-corrected chi connectivity index (χ1v) is 8.75. The van der Waals surface area contributed by atoms with Crippen LogP contribution in [0.2, 0.25) is 0 Å². The minimum absolute atomic E-state index is 1.06. The summed E-state index contributed by atoms with van der Waals surface area (Å²) in [6, 6.07) is 21.9. The molecule has 0 amide bonds. The monoisotopic (exact) mass is 321 g/mol. The van der Waals surface area contributed by atoms with Crippen molar-refractivity contribution in [3.8, 4) is 33.5 Å². The normalized spacial score (nSPS) is 11.8. The predicted molar refractivity (Wildman–Crippen MR) is 106 cm³/mol. The molecule has 1 nitrogen and oxygen atoms in total. The van der Waals surface area contributed by atoms with E-state index in [2.05, 4.69) is 81.4 Å². The van der Waals surface area contributed by atoms with Crippen LogP contribution in [0.1, 0.15) is 16.7 Å². The molecule has 1 aliphatic carbocycles. The van der Waals surface area contributed by atoms with E-state index in [1.807, 2.05) is 0 Å². The van der Waals surface area contributed by atoms with E-state index in [4.69, 9.17) is 4.98 Å². The summed E-state index contributed by atoms with van der Waals surface area (Å²) in [4.78, 5) is 5.00. The zero-order valence-electron chi connectivity index (χ0n) is 14.7. The average Bonchev–Trinajstić information content (AvgIpc) is 2.95. The Kier molecular flexibility index (Phi) is 2.90. The number of benzene rings is 3. The smallest absolute Gasteiger partial charge is 0.0722 e. The second-order valence-corrected chi connectivity index (χ2v) is 7.04. The maximum absolute atomic E-state index is 5.00. The van der Waals surface area contributed by atoms with Gasteiger partial charge in [-0.1, -0.05) is 36.4 Å². The van der Waals surface area contributed by atoms with E-state index in [0.29, 0.717) is 0 Å². The first-order valence-electron chi connectivity index (χ1n) is 8.75. The van der Waals surface area contributed by atoms with E-state index in [1.165, 1.54) is 49.9 Å². The highest BCUT2D eigenvalue weighted by atomic mass is 14.7. The van der Waals surface area contributed by atoms with Crippen molar-refractivity contribution in [2.45, 2.75) is 20.8 Å². The summed E-state index contributed by atoms with van der Waals surface area (Å²) in [7, 11) is 0. The molecule has 0 N–H and O–H groups in total. The topological polar surface area (TPSA) is 12.9 Å². The van der Waals surface area contributed by atoms with Crippen molar-refractivity contribution in [2.75, 3.05) is 0 Å². The van der Waals surface area contributed by atoms with Crippen LogP contribution in [-0.4, -0.2) is 4.98 Å². The van der Waals surface area contributed by atoms with Crippen LogP contribution in [0.25, 0.3) is 44.4 Å². The molecule has 120 valence electrons. The Balaban J connectivity index is 1.84. The van der Waals surface area contributed by atoms with Gasteiger partial charge in [-0.25, -0.2) is 4.98 Å². The fourth-order valence-electron chi connectivity index (χ4n) is 4.01.